The Morgan fingerprint density at radius 3 is 3.05 bits per heavy atom. The second kappa shape index (κ2) is 6.80. The maximum atomic E-state index is 12.2. The zero-order valence-electron chi connectivity index (χ0n) is 11.2. The number of para-hydroxylation sites is 1. The van der Waals surface area contributed by atoms with Crippen molar-refractivity contribution in [3.8, 4) is 5.75 Å². The van der Waals surface area contributed by atoms with Gasteiger partial charge in [-0.3, -0.25) is 4.79 Å². The van der Waals surface area contributed by atoms with Crippen LogP contribution in [0.25, 0.3) is 0 Å². The van der Waals surface area contributed by atoms with Crippen LogP contribution in [0, 0.1) is 5.92 Å². The molecule has 0 aliphatic carbocycles. The first-order valence-corrected chi connectivity index (χ1v) is 7.35. The summed E-state index contributed by atoms with van der Waals surface area (Å²) in [6, 6.07) is 8.07. The molecule has 1 heterocycles. The summed E-state index contributed by atoms with van der Waals surface area (Å²) in [6.45, 7) is 2.52. The largest absolute Gasteiger partial charge is 0.492 e. The lowest BCUT2D eigenvalue weighted by Gasteiger charge is -2.26. The predicted octanol–water partition coefficient (Wildman–Crippen LogP) is 2.76. The van der Waals surface area contributed by atoms with Gasteiger partial charge in [0.1, 0.15) is 12.4 Å². The van der Waals surface area contributed by atoms with Crippen LogP contribution >= 0.6 is 11.6 Å². The van der Waals surface area contributed by atoms with Gasteiger partial charge in [-0.05, 0) is 30.9 Å². The summed E-state index contributed by atoms with van der Waals surface area (Å²) in [7, 11) is 0. The van der Waals surface area contributed by atoms with Gasteiger partial charge in [-0.15, -0.1) is 11.6 Å². The van der Waals surface area contributed by atoms with Gasteiger partial charge in [-0.25, -0.2) is 0 Å². The number of alkyl halides is 1. The van der Waals surface area contributed by atoms with Crippen molar-refractivity contribution in [2.75, 3.05) is 12.5 Å². The highest BCUT2D eigenvalue weighted by molar-refractivity contribution is 6.17. The highest BCUT2D eigenvalue weighted by atomic mass is 35.5. The van der Waals surface area contributed by atoms with Crippen molar-refractivity contribution in [2.45, 2.75) is 32.2 Å². The fourth-order valence-corrected chi connectivity index (χ4v) is 2.59. The van der Waals surface area contributed by atoms with Crippen LogP contribution in [0.3, 0.4) is 0 Å². The third-order valence-corrected chi connectivity index (χ3v) is 3.76. The first-order chi connectivity index (χ1) is 9.24. The lowest BCUT2D eigenvalue weighted by Crippen LogP contribution is -2.42. The molecule has 4 heteroatoms. The molecule has 0 fully saturated rings. The van der Waals surface area contributed by atoms with E-state index in [1.54, 1.807) is 0 Å². The number of ether oxygens (including phenoxy) is 1. The molecule has 0 bridgehead atoms. The summed E-state index contributed by atoms with van der Waals surface area (Å²) in [4.78, 5) is 12.2. The highest BCUT2D eigenvalue weighted by Crippen LogP contribution is 2.26. The Hall–Kier alpha value is -1.22. The molecule has 0 radical (unpaired) electrons. The van der Waals surface area contributed by atoms with Crippen LogP contribution in [0.1, 0.15) is 25.3 Å². The minimum absolute atomic E-state index is 0.0754. The Morgan fingerprint density at radius 1 is 1.53 bits per heavy atom. The van der Waals surface area contributed by atoms with Crippen LogP contribution in [-0.4, -0.2) is 24.4 Å². The van der Waals surface area contributed by atoms with E-state index < -0.39 is 0 Å². The summed E-state index contributed by atoms with van der Waals surface area (Å²) < 4.78 is 5.65. The van der Waals surface area contributed by atoms with E-state index in [0.717, 1.165) is 30.6 Å². The first-order valence-electron chi connectivity index (χ1n) is 6.81. The number of halogens is 1. The maximum absolute atomic E-state index is 12.2. The standard InChI is InChI=1S/C15H20ClNO2/c1-2-13(7-8-16)17-15(18)12-9-11-5-3-4-6-14(11)19-10-12/h3-6,12-13H,2,7-10H2,1H3,(H,17,18). The van der Waals surface area contributed by atoms with Gasteiger partial charge in [0.15, 0.2) is 0 Å². The summed E-state index contributed by atoms with van der Waals surface area (Å²) in [5, 5.41) is 3.06. The Morgan fingerprint density at radius 2 is 2.32 bits per heavy atom. The lowest BCUT2D eigenvalue weighted by atomic mass is 9.95. The van der Waals surface area contributed by atoms with Crippen molar-refractivity contribution in [3.05, 3.63) is 29.8 Å². The molecule has 0 spiro atoms. The number of carbonyl (C=O) groups is 1. The Balaban J connectivity index is 1.95. The van der Waals surface area contributed by atoms with Crippen LogP contribution in [0.15, 0.2) is 24.3 Å². The topological polar surface area (TPSA) is 38.3 Å². The van der Waals surface area contributed by atoms with Crippen molar-refractivity contribution < 1.29 is 9.53 Å². The number of carbonyl (C=O) groups excluding carboxylic acids is 1. The van der Waals surface area contributed by atoms with E-state index in [-0.39, 0.29) is 17.9 Å². The van der Waals surface area contributed by atoms with E-state index in [1.807, 2.05) is 24.3 Å². The maximum Gasteiger partial charge on any atom is 0.227 e. The van der Waals surface area contributed by atoms with Gasteiger partial charge in [0, 0.05) is 11.9 Å². The Bertz CT molecular complexity index is 436. The molecule has 1 amide bonds. The third kappa shape index (κ3) is 3.63. The second-order valence-corrected chi connectivity index (χ2v) is 5.29. The van der Waals surface area contributed by atoms with Crippen molar-refractivity contribution in [2.24, 2.45) is 5.92 Å². The number of hydrogen-bond acceptors (Lipinski definition) is 2. The zero-order chi connectivity index (χ0) is 13.7. The van der Waals surface area contributed by atoms with Gasteiger partial charge in [-0.2, -0.15) is 0 Å². The number of rotatable bonds is 5. The molecule has 2 rings (SSSR count). The number of hydrogen-bond donors (Lipinski definition) is 1. The van der Waals surface area contributed by atoms with Crippen LogP contribution in [0.4, 0.5) is 0 Å². The monoisotopic (exact) mass is 281 g/mol. The van der Waals surface area contributed by atoms with Gasteiger partial charge in [0.05, 0.1) is 5.92 Å². The van der Waals surface area contributed by atoms with E-state index in [2.05, 4.69) is 12.2 Å². The molecule has 0 saturated heterocycles. The van der Waals surface area contributed by atoms with Crippen LogP contribution in [-0.2, 0) is 11.2 Å². The zero-order valence-corrected chi connectivity index (χ0v) is 12.0. The summed E-state index contributed by atoms with van der Waals surface area (Å²) in [5.41, 5.74) is 1.11. The summed E-state index contributed by atoms with van der Waals surface area (Å²) >= 11 is 5.74. The SMILES string of the molecule is CCC(CCCl)NC(=O)C1COc2ccccc2C1. The smallest absolute Gasteiger partial charge is 0.227 e. The van der Waals surface area contributed by atoms with Gasteiger partial charge in [0.2, 0.25) is 5.91 Å². The number of benzene rings is 1. The molecule has 2 atom stereocenters. The fraction of sp³-hybridized carbons (Fsp3) is 0.533. The fourth-order valence-electron chi connectivity index (χ4n) is 2.33. The second-order valence-electron chi connectivity index (χ2n) is 4.91. The van der Waals surface area contributed by atoms with E-state index >= 15 is 0 Å². The van der Waals surface area contributed by atoms with Crippen molar-refractivity contribution >= 4 is 17.5 Å². The van der Waals surface area contributed by atoms with Crippen molar-refractivity contribution in [3.63, 3.8) is 0 Å². The van der Waals surface area contributed by atoms with Gasteiger partial charge < -0.3 is 10.1 Å². The molecular formula is C15H20ClNO2. The quantitative estimate of drug-likeness (QED) is 0.843. The summed E-state index contributed by atoms with van der Waals surface area (Å²) in [5.74, 6) is 1.45. The molecule has 19 heavy (non-hydrogen) atoms. The van der Waals surface area contributed by atoms with Gasteiger partial charge in [-0.1, -0.05) is 25.1 Å². The van der Waals surface area contributed by atoms with E-state index in [9.17, 15) is 4.79 Å². The Labute approximate surface area is 119 Å². The van der Waals surface area contributed by atoms with E-state index in [1.165, 1.54) is 0 Å². The van der Waals surface area contributed by atoms with Crippen molar-refractivity contribution in [1.82, 2.24) is 5.32 Å². The molecule has 2 unspecified atom stereocenters. The molecule has 104 valence electrons. The molecule has 3 nitrogen and oxygen atoms in total. The number of fused-ring (bicyclic) bond motifs is 1. The van der Waals surface area contributed by atoms with E-state index in [0.29, 0.717) is 12.5 Å². The minimum Gasteiger partial charge on any atom is -0.492 e. The van der Waals surface area contributed by atoms with Crippen LogP contribution < -0.4 is 10.1 Å². The first kappa shape index (κ1) is 14.2. The van der Waals surface area contributed by atoms with E-state index in [4.69, 9.17) is 16.3 Å². The number of nitrogens with one attached hydrogen (secondary N) is 1. The van der Waals surface area contributed by atoms with Gasteiger partial charge >= 0.3 is 0 Å². The van der Waals surface area contributed by atoms with Crippen molar-refractivity contribution in [1.29, 1.82) is 0 Å². The normalized spacial score (nSPS) is 19.2. The molecule has 1 N–H and O–H groups in total. The molecule has 0 saturated carbocycles. The lowest BCUT2D eigenvalue weighted by molar-refractivity contribution is -0.127. The molecule has 1 aromatic rings. The highest BCUT2D eigenvalue weighted by Gasteiger charge is 2.26. The third-order valence-electron chi connectivity index (χ3n) is 3.55. The number of amides is 1. The molecule has 0 aromatic heterocycles. The molecular weight excluding hydrogens is 262 g/mol. The van der Waals surface area contributed by atoms with Crippen LogP contribution in [0.5, 0.6) is 5.75 Å². The minimum atomic E-state index is -0.0979. The molecule has 1 aliphatic heterocycles. The Kier molecular flexibility index (Phi) is 5.08. The molecule has 1 aliphatic rings. The van der Waals surface area contributed by atoms with Crippen LogP contribution in [0.2, 0.25) is 0 Å². The average Bonchev–Trinajstić information content (AvgIpc) is 2.46. The summed E-state index contributed by atoms with van der Waals surface area (Å²) in [6.07, 6.45) is 2.47. The van der Waals surface area contributed by atoms with Gasteiger partial charge in [0.25, 0.3) is 0 Å². The molecule has 1 aromatic carbocycles. The predicted molar refractivity (Wildman–Crippen MR) is 76.7 cm³/mol. The average molecular weight is 282 g/mol.